The Morgan fingerprint density at radius 2 is 1.23 bits per heavy atom. The van der Waals surface area contributed by atoms with E-state index in [0.717, 1.165) is 32.1 Å². The van der Waals surface area contributed by atoms with Gasteiger partial charge in [0.15, 0.2) is 11.9 Å². The lowest BCUT2D eigenvalue weighted by Gasteiger charge is -2.23. The third-order valence-corrected chi connectivity index (χ3v) is 3.61. The summed E-state index contributed by atoms with van der Waals surface area (Å²) in [6.45, 7) is 2.13. The molecule has 0 aliphatic carbocycles. The molecule has 0 saturated heterocycles. The van der Waals surface area contributed by atoms with Gasteiger partial charge in [0, 0.05) is 6.42 Å². The molecule has 7 nitrogen and oxygen atoms in total. The number of rotatable bonds is 13. The van der Waals surface area contributed by atoms with Gasteiger partial charge < -0.3 is 25.5 Å². The SMILES string of the molecule is CCCCCCCCCC(=O)[C@@H](O)[C@H](O)[C@@H](O)[C@@H](O)C(=O)O. The zero-order chi connectivity index (χ0) is 17.1. The maximum atomic E-state index is 11.7. The molecule has 0 radical (unpaired) electrons. The Bertz CT molecular complexity index is 332. The van der Waals surface area contributed by atoms with Gasteiger partial charge in [0.1, 0.15) is 18.3 Å². The van der Waals surface area contributed by atoms with Gasteiger partial charge in [0.05, 0.1) is 0 Å². The molecule has 0 aliphatic heterocycles. The Kier molecular flexibility index (Phi) is 11.0. The molecular formula is C15H28O7. The van der Waals surface area contributed by atoms with Gasteiger partial charge in [0.2, 0.25) is 0 Å². The summed E-state index contributed by atoms with van der Waals surface area (Å²) in [7, 11) is 0. The number of hydrogen-bond acceptors (Lipinski definition) is 6. The molecule has 0 heterocycles. The quantitative estimate of drug-likeness (QED) is 0.306. The number of carboxylic acid groups (broad SMARTS) is 1. The number of Topliss-reactive ketones (excluding diaryl/α,β-unsaturated/α-hetero) is 1. The smallest absolute Gasteiger partial charge is 0.335 e. The first-order chi connectivity index (χ1) is 10.3. The van der Waals surface area contributed by atoms with E-state index in [0.29, 0.717) is 6.42 Å². The molecule has 0 unspecified atom stereocenters. The average Bonchev–Trinajstić information content (AvgIpc) is 2.50. The van der Waals surface area contributed by atoms with Gasteiger partial charge in [-0.1, -0.05) is 45.4 Å². The number of hydrogen-bond donors (Lipinski definition) is 5. The van der Waals surface area contributed by atoms with Crippen LogP contribution in [-0.4, -0.2) is 61.7 Å². The number of aliphatic hydroxyl groups excluding tert-OH is 4. The van der Waals surface area contributed by atoms with Crippen LogP contribution in [0.15, 0.2) is 0 Å². The summed E-state index contributed by atoms with van der Waals surface area (Å²) in [6.07, 6.45) is -1.27. The number of carboxylic acids is 1. The summed E-state index contributed by atoms with van der Waals surface area (Å²) in [4.78, 5) is 22.1. The molecule has 0 aromatic carbocycles. The normalized spacial score (nSPS) is 16.8. The van der Waals surface area contributed by atoms with Crippen LogP contribution in [0.2, 0.25) is 0 Å². The van der Waals surface area contributed by atoms with Crippen molar-refractivity contribution in [2.24, 2.45) is 0 Å². The number of ketones is 1. The highest BCUT2D eigenvalue weighted by Crippen LogP contribution is 2.12. The Morgan fingerprint density at radius 3 is 1.73 bits per heavy atom. The van der Waals surface area contributed by atoms with Crippen molar-refractivity contribution in [1.29, 1.82) is 0 Å². The van der Waals surface area contributed by atoms with Gasteiger partial charge in [0.25, 0.3) is 0 Å². The van der Waals surface area contributed by atoms with Gasteiger partial charge >= 0.3 is 5.97 Å². The second kappa shape index (κ2) is 11.5. The monoisotopic (exact) mass is 320 g/mol. The van der Waals surface area contributed by atoms with Crippen LogP contribution in [-0.2, 0) is 9.59 Å². The van der Waals surface area contributed by atoms with Crippen LogP contribution in [0.25, 0.3) is 0 Å². The van der Waals surface area contributed by atoms with Crippen molar-refractivity contribution in [3.05, 3.63) is 0 Å². The first-order valence-corrected chi connectivity index (χ1v) is 7.80. The van der Waals surface area contributed by atoms with E-state index in [2.05, 4.69) is 6.92 Å². The zero-order valence-electron chi connectivity index (χ0n) is 13.0. The summed E-state index contributed by atoms with van der Waals surface area (Å²) >= 11 is 0. The number of carbonyl (C=O) groups is 2. The van der Waals surface area contributed by atoms with E-state index in [-0.39, 0.29) is 6.42 Å². The molecule has 5 N–H and O–H groups in total. The molecule has 0 aliphatic rings. The molecule has 0 aromatic rings. The van der Waals surface area contributed by atoms with E-state index in [4.69, 9.17) is 10.2 Å². The van der Waals surface area contributed by atoms with Crippen molar-refractivity contribution in [1.82, 2.24) is 0 Å². The molecule has 0 rings (SSSR count). The van der Waals surface area contributed by atoms with E-state index in [1.54, 1.807) is 0 Å². The first-order valence-electron chi connectivity index (χ1n) is 7.80. The molecule has 0 aromatic heterocycles. The molecule has 0 bridgehead atoms. The third-order valence-electron chi connectivity index (χ3n) is 3.61. The molecule has 0 fully saturated rings. The van der Waals surface area contributed by atoms with Gasteiger partial charge in [-0.15, -0.1) is 0 Å². The van der Waals surface area contributed by atoms with Crippen LogP contribution >= 0.6 is 0 Å². The van der Waals surface area contributed by atoms with Crippen LogP contribution in [0, 0.1) is 0 Å². The van der Waals surface area contributed by atoms with E-state index in [1.165, 1.54) is 6.42 Å². The van der Waals surface area contributed by atoms with Crippen LogP contribution in [0.1, 0.15) is 58.3 Å². The first kappa shape index (κ1) is 21.0. The largest absolute Gasteiger partial charge is 0.479 e. The third kappa shape index (κ3) is 7.84. The van der Waals surface area contributed by atoms with E-state index >= 15 is 0 Å². The topological polar surface area (TPSA) is 135 Å². The van der Waals surface area contributed by atoms with Crippen LogP contribution in [0.5, 0.6) is 0 Å². The molecule has 0 spiro atoms. The minimum absolute atomic E-state index is 0.0435. The lowest BCUT2D eigenvalue weighted by molar-refractivity contribution is -0.165. The maximum absolute atomic E-state index is 11.7. The van der Waals surface area contributed by atoms with Gasteiger partial charge in [-0.3, -0.25) is 4.79 Å². The highest BCUT2D eigenvalue weighted by Gasteiger charge is 2.36. The summed E-state index contributed by atoms with van der Waals surface area (Å²) in [5.41, 5.74) is 0. The predicted molar refractivity (Wildman–Crippen MR) is 79.3 cm³/mol. The minimum atomic E-state index is -2.25. The van der Waals surface area contributed by atoms with Gasteiger partial charge in [-0.05, 0) is 6.42 Å². The van der Waals surface area contributed by atoms with Crippen molar-refractivity contribution in [2.45, 2.75) is 82.7 Å². The van der Waals surface area contributed by atoms with Gasteiger partial charge in [-0.2, -0.15) is 0 Å². The van der Waals surface area contributed by atoms with Gasteiger partial charge in [-0.25, -0.2) is 4.79 Å². The Labute approximate surface area is 130 Å². The van der Waals surface area contributed by atoms with Crippen molar-refractivity contribution >= 4 is 11.8 Å². The molecule has 130 valence electrons. The summed E-state index contributed by atoms with van der Waals surface area (Å²) in [6, 6.07) is 0. The van der Waals surface area contributed by atoms with Crippen molar-refractivity contribution < 1.29 is 35.1 Å². The number of aliphatic hydroxyl groups is 4. The maximum Gasteiger partial charge on any atom is 0.335 e. The van der Waals surface area contributed by atoms with Crippen LogP contribution < -0.4 is 0 Å². The van der Waals surface area contributed by atoms with E-state index in [1.807, 2.05) is 0 Å². The highest BCUT2D eigenvalue weighted by atomic mass is 16.4. The fraction of sp³-hybridized carbons (Fsp3) is 0.867. The summed E-state index contributed by atoms with van der Waals surface area (Å²) in [5.74, 6) is -2.41. The van der Waals surface area contributed by atoms with Crippen molar-refractivity contribution in [3.63, 3.8) is 0 Å². The molecule has 22 heavy (non-hydrogen) atoms. The fourth-order valence-electron chi connectivity index (χ4n) is 2.11. The van der Waals surface area contributed by atoms with E-state index in [9.17, 15) is 24.9 Å². The number of carbonyl (C=O) groups excluding carboxylic acids is 1. The zero-order valence-corrected chi connectivity index (χ0v) is 13.0. The Balaban J connectivity index is 4.02. The Hall–Kier alpha value is -1.02. The highest BCUT2D eigenvalue weighted by molar-refractivity contribution is 5.83. The molecule has 0 amide bonds. The predicted octanol–water partition coefficient (Wildman–Crippen LogP) is 0.224. The van der Waals surface area contributed by atoms with Crippen LogP contribution in [0.3, 0.4) is 0 Å². The van der Waals surface area contributed by atoms with E-state index < -0.39 is 36.2 Å². The lowest BCUT2D eigenvalue weighted by atomic mass is 9.97. The molecule has 7 heteroatoms. The second-order valence-corrected chi connectivity index (χ2v) is 5.55. The van der Waals surface area contributed by atoms with Crippen molar-refractivity contribution in [2.75, 3.05) is 0 Å². The number of unbranched alkanes of at least 4 members (excludes halogenated alkanes) is 6. The fourth-order valence-corrected chi connectivity index (χ4v) is 2.11. The molecule has 4 atom stereocenters. The second-order valence-electron chi connectivity index (χ2n) is 5.55. The Morgan fingerprint density at radius 1 is 0.773 bits per heavy atom. The summed E-state index contributed by atoms with van der Waals surface area (Å²) < 4.78 is 0. The summed E-state index contributed by atoms with van der Waals surface area (Å²) in [5, 5.41) is 46.1. The lowest BCUT2D eigenvalue weighted by Crippen LogP contribution is -2.50. The number of aliphatic carboxylic acids is 1. The molecule has 0 saturated carbocycles. The average molecular weight is 320 g/mol. The van der Waals surface area contributed by atoms with Crippen LogP contribution in [0.4, 0.5) is 0 Å². The standard InChI is InChI=1S/C15H28O7/c1-2-3-4-5-6-7-8-9-10(16)11(17)12(18)13(19)14(20)15(21)22/h11-14,17-20H,2-9H2,1H3,(H,21,22)/t11-,12+,13-,14-/m1/s1. The van der Waals surface area contributed by atoms with Crippen molar-refractivity contribution in [3.8, 4) is 0 Å². The minimum Gasteiger partial charge on any atom is -0.479 e. The molecular weight excluding hydrogens is 292 g/mol.